The monoisotopic (exact) mass is 364 g/mol. The number of benzene rings is 1. The summed E-state index contributed by atoms with van der Waals surface area (Å²) >= 11 is 1.46. The highest BCUT2D eigenvalue weighted by molar-refractivity contribution is 7.17. The maximum absolute atomic E-state index is 13.1. The number of nitrogens with zero attached hydrogens (tertiary/aromatic N) is 2. The summed E-state index contributed by atoms with van der Waals surface area (Å²) in [5.41, 5.74) is 0.347. The van der Waals surface area contributed by atoms with E-state index in [1.165, 1.54) is 23.5 Å². The van der Waals surface area contributed by atoms with Crippen LogP contribution in [0.4, 0.5) is 24.9 Å². The molecule has 2 N–H and O–H groups in total. The van der Waals surface area contributed by atoms with Crippen molar-refractivity contribution in [2.75, 3.05) is 10.6 Å². The van der Waals surface area contributed by atoms with Crippen molar-refractivity contribution in [2.24, 2.45) is 0 Å². The summed E-state index contributed by atoms with van der Waals surface area (Å²) in [4.78, 5) is 8.91. The van der Waals surface area contributed by atoms with Gasteiger partial charge in [0.15, 0.2) is 0 Å². The number of thiophene rings is 1. The standard InChI is InChI=1S/C17H15F3N4S/c18-17(19,20)12-4-2-1-3-10(12)9-21-15-14-13(7-8-25-14)23-16(24-15)22-11-5-6-11/h1-4,7-8,11H,5-6,9H2,(H2,21,22,23,24). The minimum Gasteiger partial charge on any atom is -0.365 e. The lowest BCUT2D eigenvalue weighted by molar-refractivity contribution is -0.138. The van der Waals surface area contributed by atoms with Crippen molar-refractivity contribution in [3.8, 4) is 0 Å². The van der Waals surface area contributed by atoms with Crippen LogP contribution in [0.5, 0.6) is 0 Å². The van der Waals surface area contributed by atoms with Gasteiger partial charge >= 0.3 is 6.18 Å². The van der Waals surface area contributed by atoms with Gasteiger partial charge in [-0.05, 0) is 35.9 Å². The minimum absolute atomic E-state index is 0.0442. The summed E-state index contributed by atoms with van der Waals surface area (Å²) in [5, 5.41) is 8.19. The zero-order chi connectivity index (χ0) is 17.4. The van der Waals surface area contributed by atoms with Crippen LogP contribution in [0.25, 0.3) is 10.2 Å². The largest absolute Gasteiger partial charge is 0.416 e. The van der Waals surface area contributed by atoms with E-state index in [0.717, 1.165) is 29.1 Å². The van der Waals surface area contributed by atoms with Crippen molar-refractivity contribution in [1.29, 1.82) is 0 Å². The van der Waals surface area contributed by atoms with Gasteiger partial charge in [-0.1, -0.05) is 18.2 Å². The van der Waals surface area contributed by atoms with Gasteiger partial charge in [-0.2, -0.15) is 18.2 Å². The first-order valence-corrected chi connectivity index (χ1v) is 8.79. The quantitative estimate of drug-likeness (QED) is 0.676. The maximum Gasteiger partial charge on any atom is 0.416 e. The normalized spacial score (nSPS) is 14.7. The molecule has 0 aliphatic heterocycles. The van der Waals surface area contributed by atoms with E-state index < -0.39 is 11.7 Å². The van der Waals surface area contributed by atoms with Crippen LogP contribution in [0.1, 0.15) is 24.0 Å². The van der Waals surface area contributed by atoms with E-state index in [-0.39, 0.29) is 12.1 Å². The Morgan fingerprint density at radius 3 is 2.68 bits per heavy atom. The number of hydrogen-bond donors (Lipinski definition) is 2. The molecule has 0 unspecified atom stereocenters. The molecule has 0 radical (unpaired) electrons. The molecule has 1 aliphatic rings. The predicted octanol–water partition coefficient (Wildman–Crippen LogP) is 4.90. The SMILES string of the molecule is FC(F)(F)c1ccccc1CNc1nc(NC2CC2)nc2ccsc12. The van der Waals surface area contributed by atoms with E-state index in [2.05, 4.69) is 20.6 Å². The molecule has 1 aliphatic carbocycles. The lowest BCUT2D eigenvalue weighted by Crippen LogP contribution is -2.13. The van der Waals surface area contributed by atoms with Crippen molar-refractivity contribution in [3.63, 3.8) is 0 Å². The van der Waals surface area contributed by atoms with Crippen LogP contribution >= 0.6 is 11.3 Å². The fourth-order valence-electron chi connectivity index (χ4n) is 2.59. The van der Waals surface area contributed by atoms with Gasteiger partial charge in [-0.25, -0.2) is 4.98 Å². The van der Waals surface area contributed by atoms with Gasteiger partial charge in [0.25, 0.3) is 0 Å². The molecule has 0 bridgehead atoms. The summed E-state index contributed by atoms with van der Waals surface area (Å²) < 4.78 is 40.2. The zero-order valence-corrected chi connectivity index (χ0v) is 13.9. The van der Waals surface area contributed by atoms with Crippen molar-refractivity contribution in [1.82, 2.24) is 9.97 Å². The first-order valence-electron chi connectivity index (χ1n) is 7.91. The minimum atomic E-state index is -4.37. The van der Waals surface area contributed by atoms with Gasteiger partial charge in [-0.3, -0.25) is 0 Å². The van der Waals surface area contributed by atoms with E-state index in [9.17, 15) is 13.2 Å². The lowest BCUT2D eigenvalue weighted by atomic mass is 10.1. The van der Waals surface area contributed by atoms with E-state index in [4.69, 9.17) is 0 Å². The zero-order valence-electron chi connectivity index (χ0n) is 13.1. The van der Waals surface area contributed by atoms with Crippen LogP contribution in [-0.2, 0) is 12.7 Å². The second kappa shape index (κ2) is 6.18. The molecule has 3 aromatic rings. The second-order valence-electron chi connectivity index (χ2n) is 5.96. The number of hydrogen-bond acceptors (Lipinski definition) is 5. The number of nitrogens with one attached hydrogen (secondary N) is 2. The highest BCUT2D eigenvalue weighted by Gasteiger charge is 2.32. The molecule has 1 fully saturated rings. The lowest BCUT2D eigenvalue weighted by Gasteiger charge is -2.14. The molecule has 2 aromatic heterocycles. The molecule has 25 heavy (non-hydrogen) atoms. The molecule has 0 saturated heterocycles. The van der Waals surface area contributed by atoms with Crippen molar-refractivity contribution in [3.05, 3.63) is 46.8 Å². The van der Waals surface area contributed by atoms with E-state index in [0.29, 0.717) is 17.8 Å². The van der Waals surface area contributed by atoms with Crippen molar-refractivity contribution < 1.29 is 13.2 Å². The molecule has 1 saturated carbocycles. The molecule has 130 valence electrons. The number of fused-ring (bicyclic) bond motifs is 1. The topological polar surface area (TPSA) is 49.8 Å². The van der Waals surface area contributed by atoms with Gasteiger partial charge in [0, 0.05) is 12.6 Å². The van der Waals surface area contributed by atoms with Gasteiger partial charge in [0.05, 0.1) is 15.8 Å². The van der Waals surface area contributed by atoms with Crippen molar-refractivity contribution in [2.45, 2.75) is 31.6 Å². The van der Waals surface area contributed by atoms with Gasteiger partial charge in [0.1, 0.15) is 5.82 Å². The van der Waals surface area contributed by atoms with E-state index >= 15 is 0 Å². The van der Waals surface area contributed by atoms with E-state index in [1.807, 2.05) is 11.4 Å². The summed E-state index contributed by atoms with van der Waals surface area (Å²) in [6, 6.07) is 7.85. The smallest absolute Gasteiger partial charge is 0.365 e. The van der Waals surface area contributed by atoms with Crippen molar-refractivity contribution >= 4 is 33.3 Å². The third kappa shape index (κ3) is 3.53. The van der Waals surface area contributed by atoms with Crippen LogP contribution < -0.4 is 10.6 Å². The molecular weight excluding hydrogens is 349 g/mol. The molecule has 0 amide bonds. The molecule has 0 atom stereocenters. The summed E-state index contributed by atoms with van der Waals surface area (Å²) in [7, 11) is 0. The Bertz CT molecular complexity index is 902. The number of alkyl halides is 3. The molecule has 8 heteroatoms. The third-order valence-corrected chi connectivity index (χ3v) is 4.89. The fourth-order valence-corrected chi connectivity index (χ4v) is 3.38. The Labute approximate surface area is 146 Å². The maximum atomic E-state index is 13.1. The molecule has 4 nitrogen and oxygen atoms in total. The Hall–Kier alpha value is -2.35. The Kier molecular flexibility index (Phi) is 3.99. The number of rotatable bonds is 5. The highest BCUT2D eigenvalue weighted by atomic mass is 32.1. The first-order chi connectivity index (χ1) is 12.0. The van der Waals surface area contributed by atoms with Crippen LogP contribution in [-0.4, -0.2) is 16.0 Å². The molecule has 1 aromatic carbocycles. The first kappa shape index (κ1) is 16.1. The van der Waals surface area contributed by atoms with Crippen LogP contribution in [0.15, 0.2) is 35.7 Å². The summed E-state index contributed by atoms with van der Waals surface area (Å²) in [6.07, 6.45) is -2.19. The van der Waals surface area contributed by atoms with Gasteiger partial charge < -0.3 is 10.6 Å². The molecule has 0 spiro atoms. The number of aromatic nitrogens is 2. The molecule has 2 heterocycles. The predicted molar refractivity (Wildman–Crippen MR) is 92.8 cm³/mol. The highest BCUT2D eigenvalue weighted by Crippen LogP contribution is 2.33. The Morgan fingerprint density at radius 1 is 1.12 bits per heavy atom. The molecule has 4 rings (SSSR count). The third-order valence-electron chi connectivity index (χ3n) is 3.98. The average Bonchev–Trinajstić information content (AvgIpc) is 3.25. The van der Waals surface area contributed by atoms with Gasteiger partial charge in [-0.15, -0.1) is 11.3 Å². The van der Waals surface area contributed by atoms with E-state index in [1.54, 1.807) is 6.07 Å². The molecular formula is C17H15F3N4S. The summed E-state index contributed by atoms with van der Waals surface area (Å²) in [5.74, 6) is 1.07. The van der Waals surface area contributed by atoms with Crippen LogP contribution in [0.2, 0.25) is 0 Å². The number of halogens is 3. The van der Waals surface area contributed by atoms with Crippen LogP contribution in [0.3, 0.4) is 0 Å². The fraction of sp³-hybridized carbons (Fsp3) is 0.294. The number of anilines is 2. The second-order valence-corrected chi connectivity index (χ2v) is 6.87. The van der Waals surface area contributed by atoms with Gasteiger partial charge in [0.2, 0.25) is 5.95 Å². The Morgan fingerprint density at radius 2 is 1.92 bits per heavy atom. The average molecular weight is 364 g/mol. The Balaban J connectivity index is 1.62. The van der Waals surface area contributed by atoms with Crippen LogP contribution in [0, 0.1) is 0 Å². The summed E-state index contributed by atoms with van der Waals surface area (Å²) in [6.45, 7) is 0.0442.